The third kappa shape index (κ3) is 2.93. The quantitative estimate of drug-likeness (QED) is 0.152. The number of halogens is 1. The van der Waals surface area contributed by atoms with Gasteiger partial charge in [0.15, 0.2) is 18.6 Å². The minimum absolute atomic E-state index is 0.131. The monoisotopic (exact) mass is 546 g/mol. The topological polar surface area (TPSA) is 77.6 Å². The number of carbonyl (C=O) groups is 3. The van der Waals surface area contributed by atoms with Crippen molar-refractivity contribution in [3.63, 3.8) is 0 Å². The van der Waals surface area contributed by atoms with Gasteiger partial charge in [-0.2, -0.15) is 0 Å². The second-order valence-electron chi connectivity index (χ2n) is 10.3. The van der Waals surface area contributed by atoms with E-state index in [0.29, 0.717) is 11.3 Å². The predicted molar refractivity (Wildman–Crippen MR) is 139 cm³/mol. The van der Waals surface area contributed by atoms with Gasteiger partial charge in [0.05, 0.1) is 11.2 Å². The Morgan fingerprint density at radius 3 is 2.75 bits per heavy atom. The molecular weight excluding hydrogens is 523 g/mol. The van der Waals surface area contributed by atoms with Crippen molar-refractivity contribution >= 4 is 51.6 Å². The van der Waals surface area contributed by atoms with Gasteiger partial charge in [0, 0.05) is 21.0 Å². The van der Waals surface area contributed by atoms with E-state index in [9.17, 15) is 14.4 Å². The molecule has 4 fully saturated rings. The molecule has 7 nitrogen and oxygen atoms in total. The van der Waals surface area contributed by atoms with Gasteiger partial charge in [0.2, 0.25) is 0 Å². The number of ether oxygens (including phenoxy) is 2. The standard InChI is InChI=1S/C27H24BBrN2O5/c1-15-30-22-9-5-19(29)10-17(22)11-23(30)21-8-2-16(12-25(21)36-15)24(33)13-35-26(34)27-18-3-6-20(7-4-18)31(27)28(27)14-32/h2,5,8-12,14-15,18,20H,3-4,6-7,13H2,1H3/t15?,18?,20?,27-,31?/m0/s1. The first-order valence-electron chi connectivity index (χ1n) is 12.5. The van der Waals surface area contributed by atoms with Crippen molar-refractivity contribution in [2.45, 2.75) is 50.3 Å². The van der Waals surface area contributed by atoms with E-state index < -0.39 is 18.3 Å². The molecule has 4 aliphatic heterocycles. The fourth-order valence-corrected chi connectivity index (χ4v) is 7.44. The number of hydrogen-bond donors (Lipinski definition) is 0. The van der Waals surface area contributed by atoms with E-state index in [1.807, 2.05) is 23.9 Å². The van der Waals surface area contributed by atoms with E-state index in [1.54, 1.807) is 12.1 Å². The summed E-state index contributed by atoms with van der Waals surface area (Å²) in [6, 6.07) is 13.9. The summed E-state index contributed by atoms with van der Waals surface area (Å²) in [4.78, 5) is 39.9. The Bertz CT molecular complexity index is 1460. The molecule has 3 aromatic rings. The molecule has 5 heterocycles. The van der Waals surface area contributed by atoms with Gasteiger partial charge >= 0.3 is 12.8 Å². The Hall–Kier alpha value is -2.91. The molecule has 1 aromatic heterocycles. The summed E-state index contributed by atoms with van der Waals surface area (Å²) in [6.45, 7) is 1.22. The largest absolute Gasteiger partial charge is 0.470 e. The van der Waals surface area contributed by atoms with Crippen LogP contribution in [-0.2, 0) is 14.3 Å². The summed E-state index contributed by atoms with van der Waals surface area (Å²) in [6.07, 6.45) is 4.54. The maximum Gasteiger partial charge on any atom is 0.331 e. The van der Waals surface area contributed by atoms with Gasteiger partial charge in [-0.05, 0) is 81.0 Å². The van der Waals surface area contributed by atoms with Crippen LogP contribution in [0, 0.1) is 5.92 Å². The number of carbonyl (C=O) groups excluding carboxylic acids is 3. The van der Waals surface area contributed by atoms with Gasteiger partial charge in [-0.25, -0.2) is 0 Å². The molecule has 2 aromatic carbocycles. The minimum Gasteiger partial charge on any atom is -0.470 e. The number of benzene rings is 2. The normalized spacial score (nSPS) is 29.1. The van der Waals surface area contributed by atoms with Crippen LogP contribution < -0.4 is 4.74 Å². The summed E-state index contributed by atoms with van der Waals surface area (Å²) >= 11 is 3.54. The smallest absolute Gasteiger partial charge is 0.331 e. The van der Waals surface area contributed by atoms with Crippen molar-refractivity contribution in [2.75, 3.05) is 6.61 Å². The first kappa shape index (κ1) is 22.3. The SMILES string of the molecule is CC1Oc2cc(C(=O)COC(=O)[C@@]34B(C=O)N3C3CCC4CC3)ccc2-c2cc3cc(Br)ccc3n21. The van der Waals surface area contributed by atoms with Crippen LogP contribution in [0.5, 0.6) is 5.75 Å². The van der Waals surface area contributed by atoms with Crippen molar-refractivity contribution in [1.29, 1.82) is 0 Å². The van der Waals surface area contributed by atoms with Crippen LogP contribution in [0.4, 0.5) is 0 Å². The van der Waals surface area contributed by atoms with Crippen LogP contribution in [-0.4, -0.2) is 52.3 Å². The summed E-state index contributed by atoms with van der Waals surface area (Å²) in [5.41, 5.74) is 2.61. The van der Waals surface area contributed by atoms with E-state index in [-0.39, 0.29) is 30.6 Å². The average Bonchev–Trinajstić information content (AvgIpc) is 3.48. The number of aromatic nitrogens is 1. The van der Waals surface area contributed by atoms with E-state index >= 15 is 0 Å². The minimum atomic E-state index is -0.847. The molecule has 1 aliphatic carbocycles. The molecule has 0 N–H and O–H groups in total. The molecular formula is C27H24BBrN2O5. The Kier molecular flexibility index (Phi) is 4.83. The molecule has 36 heavy (non-hydrogen) atoms. The highest BCUT2D eigenvalue weighted by Gasteiger charge is 2.79. The molecule has 2 bridgehead atoms. The number of piperidine rings is 2. The lowest BCUT2D eigenvalue weighted by Gasteiger charge is -2.42. The number of ketones is 1. The highest BCUT2D eigenvalue weighted by Crippen LogP contribution is 2.58. The maximum atomic E-state index is 13.2. The summed E-state index contributed by atoms with van der Waals surface area (Å²) in [5.74, 6) is 0.0449. The van der Waals surface area contributed by atoms with Crippen LogP contribution in [0.3, 0.4) is 0 Å². The van der Waals surface area contributed by atoms with E-state index in [2.05, 4.69) is 38.7 Å². The lowest BCUT2D eigenvalue weighted by molar-refractivity contribution is -0.151. The molecule has 2 unspecified atom stereocenters. The number of hydrogen-bond acceptors (Lipinski definition) is 6. The first-order chi connectivity index (χ1) is 17.4. The number of rotatable bonds is 5. The van der Waals surface area contributed by atoms with Gasteiger partial charge in [-0.1, -0.05) is 22.0 Å². The Labute approximate surface area is 216 Å². The van der Waals surface area contributed by atoms with E-state index in [1.165, 1.54) is 0 Å². The van der Waals surface area contributed by atoms with Crippen molar-refractivity contribution < 1.29 is 23.9 Å². The third-order valence-electron chi connectivity index (χ3n) is 8.65. The number of Topliss-reactive ketones (excluding diaryl/α,β-unsaturated/α-hetero) is 1. The fourth-order valence-electron chi connectivity index (χ4n) is 7.06. The molecule has 8 rings (SSSR count). The lowest BCUT2D eigenvalue weighted by atomic mass is 9.58. The third-order valence-corrected chi connectivity index (χ3v) is 9.15. The molecule has 0 radical (unpaired) electrons. The average molecular weight is 547 g/mol. The van der Waals surface area contributed by atoms with Crippen molar-refractivity contribution in [3.05, 3.63) is 52.5 Å². The van der Waals surface area contributed by atoms with Crippen molar-refractivity contribution in [3.8, 4) is 17.0 Å². The van der Waals surface area contributed by atoms with Crippen LogP contribution in [0.25, 0.3) is 22.2 Å². The molecule has 0 amide bonds. The molecule has 3 saturated heterocycles. The van der Waals surface area contributed by atoms with Gasteiger partial charge in [-0.3, -0.25) is 9.59 Å². The zero-order valence-corrected chi connectivity index (χ0v) is 21.4. The summed E-state index contributed by atoms with van der Waals surface area (Å²) in [7, 11) is 0. The second kappa shape index (κ2) is 7.80. The van der Waals surface area contributed by atoms with Crippen molar-refractivity contribution in [2.24, 2.45) is 5.92 Å². The van der Waals surface area contributed by atoms with Gasteiger partial charge in [-0.15, -0.1) is 0 Å². The Morgan fingerprint density at radius 1 is 1.17 bits per heavy atom. The van der Waals surface area contributed by atoms with Crippen LogP contribution in [0.15, 0.2) is 46.9 Å². The molecule has 3 atom stereocenters. The van der Waals surface area contributed by atoms with E-state index in [4.69, 9.17) is 9.47 Å². The summed E-state index contributed by atoms with van der Waals surface area (Å²) in [5, 5.41) is 1.10. The first-order valence-corrected chi connectivity index (χ1v) is 13.3. The highest BCUT2D eigenvalue weighted by atomic mass is 79.9. The highest BCUT2D eigenvalue weighted by molar-refractivity contribution is 9.10. The van der Waals surface area contributed by atoms with Crippen LogP contribution in [0.2, 0.25) is 0 Å². The Morgan fingerprint density at radius 2 is 1.97 bits per heavy atom. The molecule has 5 aliphatic rings. The zero-order chi connectivity index (χ0) is 24.8. The van der Waals surface area contributed by atoms with Crippen molar-refractivity contribution in [1.82, 2.24) is 9.38 Å². The van der Waals surface area contributed by atoms with E-state index in [0.717, 1.165) is 58.5 Å². The fraction of sp³-hybridized carbons (Fsp3) is 0.370. The maximum absolute atomic E-state index is 13.2. The van der Waals surface area contributed by atoms with Gasteiger partial charge < -0.3 is 23.6 Å². The molecule has 0 spiro atoms. The summed E-state index contributed by atoms with van der Waals surface area (Å²) < 4.78 is 14.9. The lowest BCUT2D eigenvalue weighted by Crippen LogP contribution is -2.50. The van der Waals surface area contributed by atoms with Crippen LogP contribution >= 0.6 is 15.9 Å². The molecule has 1 saturated carbocycles. The van der Waals surface area contributed by atoms with Gasteiger partial charge in [0.1, 0.15) is 17.4 Å². The predicted octanol–water partition coefficient (Wildman–Crippen LogP) is 4.64. The number of fused-ring (bicyclic) bond motifs is 7. The number of nitrogens with zero attached hydrogens (tertiary/aromatic N) is 2. The van der Waals surface area contributed by atoms with Gasteiger partial charge in [0.25, 0.3) is 0 Å². The molecule has 9 heteroatoms. The Balaban J connectivity index is 1.12. The zero-order valence-electron chi connectivity index (χ0n) is 19.8. The van der Waals surface area contributed by atoms with Crippen LogP contribution in [0.1, 0.15) is 49.2 Å². The molecule has 182 valence electrons. The number of esters is 1. The second-order valence-corrected chi connectivity index (χ2v) is 11.3.